The molecule has 11 heteroatoms. The number of rotatable bonds is 6. The third kappa shape index (κ3) is 5.15. The Bertz CT molecular complexity index is 1290. The standard InChI is InChI=1S/C24H23ClF4N4OS/c1-13-18-9-19(23(34)31-35-17-4-5-17)21(26)10-22(18)33(30-13)16-6-7-32(12-16)11-14-2-3-15(25)8-20(14)24(27,28)29/h2-3,8-10,16-17H,4-7,11-12H2,1H3,(H,31,34). The average molecular weight is 527 g/mol. The van der Waals surface area contributed by atoms with Crippen LogP contribution in [0.1, 0.15) is 52.5 Å². The van der Waals surface area contributed by atoms with Crippen LogP contribution in [0.4, 0.5) is 17.6 Å². The molecular formula is C24H23ClF4N4OS. The molecule has 2 aromatic carbocycles. The largest absolute Gasteiger partial charge is 0.416 e. The molecule has 2 heterocycles. The molecule has 2 aliphatic rings. The lowest BCUT2D eigenvalue weighted by Gasteiger charge is -2.20. The number of nitrogens with one attached hydrogen (secondary N) is 1. The summed E-state index contributed by atoms with van der Waals surface area (Å²) in [6, 6.07) is 6.56. The van der Waals surface area contributed by atoms with Gasteiger partial charge in [0, 0.05) is 41.4 Å². The number of carbonyl (C=O) groups is 1. The fourth-order valence-electron chi connectivity index (χ4n) is 4.49. The number of halogens is 5. The molecule has 1 atom stereocenters. The minimum absolute atomic E-state index is 0.0243. The minimum Gasteiger partial charge on any atom is -0.297 e. The molecule has 1 aliphatic carbocycles. The Kier molecular flexibility index (Phi) is 6.48. The van der Waals surface area contributed by atoms with Gasteiger partial charge in [0.2, 0.25) is 0 Å². The number of aryl methyl sites for hydroxylation is 1. The van der Waals surface area contributed by atoms with E-state index in [0.717, 1.165) is 18.9 Å². The van der Waals surface area contributed by atoms with E-state index in [0.29, 0.717) is 41.4 Å². The summed E-state index contributed by atoms with van der Waals surface area (Å²) >= 11 is 7.12. The molecular weight excluding hydrogens is 504 g/mol. The van der Waals surface area contributed by atoms with Crippen molar-refractivity contribution >= 4 is 40.4 Å². The zero-order valence-electron chi connectivity index (χ0n) is 18.8. The van der Waals surface area contributed by atoms with E-state index in [1.807, 2.05) is 4.90 Å². The third-order valence-corrected chi connectivity index (χ3v) is 7.77. The third-order valence-electron chi connectivity index (χ3n) is 6.43. The summed E-state index contributed by atoms with van der Waals surface area (Å²) in [5.41, 5.74) is 0.639. The second kappa shape index (κ2) is 9.29. The molecule has 0 radical (unpaired) electrons. The highest BCUT2D eigenvalue weighted by molar-refractivity contribution is 7.98. The van der Waals surface area contributed by atoms with Gasteiger partial charge in [-0.2, -0.15) is 18.3 Å². The zero-order valence-corrected chi connectivity index (χ0v) is 20.4. The number of carbonyl (C=O) groups excluding carboxylic acids is 1. The maximum Gasteiger partial charge on any atom is 0.416 e. The number of fused-ring (bicyclic) bond motifs is 1. The fraction of sp³-hybridized carbons (Fsp3) is 0.417. The normalized spacial score (nSPS) is 19.0. The smallest absolute Gasteiger partial charge is 0.297 e. The summed E-state index contributed by atoms with van der Waals surface area (Å²) in [4.78, 5) is 14.4. The molecule has 1 N–H and O–H groups in total. The summed E-state index contributed by atoms with van der Waals surface area (Å²) in [5, 5.41) is 5.73. The number of hydrogen-bond donors (Lipinski definition) is 1. The first-order valence-corrected chi connectivity index (χ1v) is 12.6. The topological polar surface area (TPSA) is 50.2 Å². The number of likely N-dealkylation sites (tertiary alicyclic amines) is 1. The summed E-state index contributed by atoms with van der Waals surface area (Å²) in [7, 11) is 0. The average Bonchev–Trinajstić information content (AvgIpc) is 3.43. The summed E-state index contributed by atoms with van der Waals surface area (Å²) in [6.45, 7) is 2.97. The zero-order chi connectivity index (χ0) is 24.9. The summed E-state index contributed by atoms with van der Waals surface area (Å²) < 4.78 is 59.8. The molecule has 5 nitrogen and oxygen atoms in total. The Morgan fingerprint density at radius 1 is 1.23 bits per heavy atom. The van der Waals surface area contributed by atoms with E-state index < -0.39 is 23.5 Å². The van der Waals surface area contributed by atoms with E-state index >= 15 is 0 Å². The quantitative estimate of drug-likeness (QED) is 0.309. The maximum atomic E-state index is 14.9. The number of nitrogens with zero attached hydrogens (tertiary/aromatic N) is 3. The molecule has 35 heavy (non-hydrogen) atoms. The van der Waals surface area contributed by atoms with E-state index in [1.165, 1.54) is 36.2 Å². The molecule has 5 rings (SSSR count). The first-order chi connectivity index (χ1) is 16.6. The van der Waals surface area contributed by atoms with Gasteiger partial charge in [0.1, 0.15) is 5.82 Å². The van der Waals surface area contributed by atoms with Crippen LogP contribution in [0.5, 0.6) is 0 Å². The number of aromatic nitrogens is 2. The SMILES string of the molecule is Cc1nn(C2CCN(Cc3ccc(Cl)cc3C(F)(F)F)C2)c2cc(F)c(C(=O)NSC3CC3)cc12. The molecule has 186 valence electrons. The van der Waals surface area contributed by atoms with Crippen LogP contribution < -0.4 is 4.72 Å². The van der Waals surface area contributed by atoms with Gasteiger partial charge in [-0.3, -0.25) is 19.1 Å². The van der Waals surface area contributed by atoms with Crippen LogP contribution in [0.3, 0.4) is 0 Å². The first-order valence-electron chi connectivity index (χ1n) is 11.3. The van der Waals surface area contributed by atoms with E-state index in [1.54, 1.807) is 11.6 Å². The minimum atomic E-state index is -4.49. The van der Waals surface area contributed by atoms with E-state index in [-0.39, 0.29) is 28.7 Å². The summed E-state index contributed by atoms with van der Waals surface area (Å²) in [5.74, 6) is -1.10. The molecule has 1 aromatic heterocycles. The van der Waals surface area contributed by atoms with Crippen molar-refractivity contribution < 1.29 is 22.4 Å². The van der Waals surface area contributed by atoms with Crippen LogP contribution in [0.25, 0.3) is 10.9 Å². The Morgan fingerprint density at radius 3 is 2.71 bits per heavy atom. The van der Waals surface area contributed by atoms with Gasteiger partial charge < -0.3 is 0 Å². The number of amides is 1. The van der Waals surface area contributed by atoms with Crippen molar-refractivity contribution in [1.29, 1.82) is 0 Å². The van der Waals surface area contributed by atoms with Gasteiger partial charge in [0.05, 0.1) is 28.4 Å². The van der Waals surface area contributed by atoms with Gasteiger partial charge in [0.15, 0.2) is 0 Å². The number of hydrogen-bond acceptors (Lipinski definition) is 4. The summed E-state index contributed by atoms with van der Waals surface area (Å²) in [6.07, 6.45) is -1.74. The van der Waals surface area contributed by atoms with Gasteiger partial charge in [0.25, 0.3) is 5.91 Å². The van der Waals surface area contributed by atoms with Gasteiger partial charge in [-0.05, 0) is 61.9 Å². The number of benzene rings is 2. The lowest BCUT2D eigenvalue weighted by atomic mass is 10.1. The fourth-order valence-corrected chi connectivity index (χ4v) is 5.42. The van der Waals surface area contributed by atoms with Gasteiger partial charge in [-0.15, -0.1) is 0 Å². The van der Waals surface area contributed by atoms with Crippen LogP contribution in [0.2, 0.25) is 5.02 Å². The van der Waals surface area contributed by atoms with Crippen LogP contribution >= 0.6 is 23.5 Å². The lowest BCUT2D eigenvalue weighted by Crippen LogP contribution is -2.23. The second-order valence-electron chi connectivity index (χ2n) is 9.10. The second-order valence-corrected chi connectivity index (χ2v) is 10.6. The highest BCUT2D eigenvalue weighted by Crippen LogP contribution is 2.36. The predicted molar refractivity (Wildman–Crippen MR) is 128 cm³/mol. The predicted octanol–water partition coefficient (Wildman–Crippen LogP) is 6.14. The molecule has 1 amide bonds. The van der Waals surface area contributed by atoms with Crippen LogP contribution in [0, 0.1) is 12.7 Å². The Balaban J connectivity index is 1.35. The van der Waals surface area contributed by atoms with Crippen molar-refractivity contribution in [3.63, 3.8) is 0 Å². The Labute approximate surface area is 208 Å². The molecule has 0 spiro atoms. The maximum absolute atomic E-state index is 14.9. The van der Waals surface area contributed by atoms with E-state index in [4.69, 9.17) is 11.6 Å². The van der Waals surface area contributed by atoms with Crippen LogP contribution in [-0.2, 0) is 12.7 Å². The molecule has 1 saturated heterocycles. The van der Waals surface area contributed by atoms with E-state index in [9.17, 15) is 22.4 Å². The van der Waals surface area contributed by atoms with Gasteiger partial charge >= 0.3 is 6.18 Å². The van der Waals surface area contributed by atoms with Crippen LogP contribution in [-0.4, -0.2) is 38.9 Å². The highest BCUT2D eigenvalue weighted by atomic mass is 35.5. The molecule has 1 aliphatic heterocycles. The van der Waals surface area contributed by atoms with Crippen molar-refractivity contribution in [3.05, 3.63) is 63.6 Å². The van der Waals surface area contributed by atoms with Crippen molar-refractivity contribution in [2.24, 2.45) is 0 Å². The Hall–Kier alpha value is -2.30. The molecule has 1 saturated carbocycles. The van der Waals surface area contributed by atoms with E-state index in [2.05, 4.69) is 9.82 Å². The van der Waals surface area contributed by atoms with Crippen molar-refractivity contribution in [1.82, 2.24) is 19.4 Å². The molecule has 3 aromatic rings. The van der Waals surface area contributed by atoms with Crippen LogP contribution in [0.15, 0.2) is 30.3 Å². The number of alkyl halides is 3. The molecule has 2 fully saturated rings. The molecule has 0 bridgehead atoms. The monoisotopic (exact) mass is 526 g/mol. The lowest BCUT2D eigenvalue weighted by molar-refractivity contribution is -0.138. The molecule has 1 unspecified atom stereocenters. The van der Waals surface area contributed by atoms with Gasteiger partial charge in [-0.25, -0.2) is 4.39 Å². The Morgan fingerprint density at radius 2 is 2.00 bits per heavy atom. The van der Waals surface area contributed by atoms with Crippen molar-refractivity contribution in [3.8, 4) is 0 Å². The van der Waals surface area contributed by atoms with Crippen molar-refractivity contribution in [2.45, 2.75) is 50.2 Å². The van der Waals surface area contributed by atoms with Gasteiger partial charge in [-0.1, -0.05) is 17.7 Å². The first kappa shape index (κ1) is 24.4. The van der Waals surface area contributed by atoms with Crippen molar-refractivity contribution in [2.75, 3.05) is 13.1 Å². The highest BCUT2D eigenvalue weighted by Gasteiger charge is 2.35.